The van der Waals surface area contributed by atoms with Crippen LogP contribution in [0.15, 0.2) is 24.3 Å². The highest BCUT2D eigenvalue weighted by Crippen LogP contribution is 2.50. The molecule has 1 saturated heterocycles. The molecule has 1 fully saturated rings. The van der Waals surface area contributed by atoms with Gasteiger partial charge in [-0.25, -0.2) is 0 Å². The summed E-state index contributed by atoms with van der Waals surface area (Å²) in [6.07, 6.45) is 3.72. The summed E-state index contributed by atoms with van der Waals surface area (Å²) in [6, 6.07) is 7.64. The van der Waals surface area contributed by atoms with Crippen LogP contribution < -0.4 is 19.5 Å². The van der Waals surface area contributed by atoms with Gasteiger partial charge >= 0.3 is 11.9 Å². The number of hydrogen-bond acceptors (Lipinski definition) is 6. The Bertz CT molecular complexity index is 975. The lowest BCUT2D eigenvalue weighted by atomic mass is 9.91. The quantitative estimate of drug-likeness (QED) is 0.601. The largest absolute Gasteiger partial charge is 0.487 e. The van der Waals surface area contributed by atoms with Crippen LogP contribution in [-0.4, -0.2) is 30.6 Å². The minimum Gasteiger partial charge on any atom is -0.487 e. The molecule has 0 saturated carbocycles. The number of fused-ring (bicyclic) bond motifs is 3. The smallest absolute Gasteiger partial charge is 0.311 e. The molecule has 0 radical (unpaired) electrons. The number of carbonyl (C=O) groups is 2. The van der Waals surface area contributed by atoms with E-state index in [9.17, 15) is 9.59 Å². The summed E-state index contributed by atoms with van der Waals surface area (Å²) in [5.41, 5.74) is 0.462. The Balaban J connectivity index is 1.77. The van der Waals surface area contributed by atoms with Gasteiger partial charge in [-0.05, 0) is 58.5 Å². The molecule has 0 bridgehead atoms. The number of nitrogens with one attached hydrogen (secondary N) is 1. The molecule has 6 heteroatoms. The molecule has 2 heterocycles. The predicted octanol–water partition coefficient (Wildman–Crippen LogP) is 4.16. The zero-order chi connectivity index (χ0) is 21.3. The summed E-state index contributed by atoms with van der Waals surface area (Å²) >= 11 is 0. The zero-order valence-corrected chi connectivity index (χ0v) is 17.9. The molecule has 0 aromatic heterocycles. The van der Waals surface area contributed by atoms with E-state index in [1.807, 2.05) is 38.1 Å². The Morgan fingerprint density at radius 2 is 1.80 bits per heavy atom. The highest BCUT2D eigenvalue weighted by Gasteiger charge is 2.34. The Morgan fingerprint density at radius 1 is 1.10 bits per heavy atom. The molecule has 1 N–H and O–H groups in total. The number of esters is 2. The molecule has 4 rings (SSSR count). The van der Waals surface area contributed by atoms with Crippen molar-refractivity contribution in [1.29, 1.82) is 0 Å². The van der Waals surface area contributed by atoms with Crippen LogP contribution in [-0.2, 0) is 16.0 Å². The Morgan fingerprint density at radius 3 is 2.50 bits per heavy atom. The summed E-state index contributed by atoms with van der Waals surface area (Å²) in [4.78, 5) is 24.7. The first-order valence-electron chi connectivity index (χ1n) is 10.7. The van der Waals surface area contributed by atoms with Gasteiger partial charge in [-0.2, -0.15) is 0 Å². The van der Waals surface area contributed by atoms with Crippen LogP contribution in [0.5, 0.6) is 17.2 Å². The minimum atomic E-state index is -0.451. The molecule has 2 aromatic rings. The maximum atomic E-state index is 12.8. The number of benzene rings is 2. The van der Waals surface area contributed by atoms with Crippen LogP contribution in [0.2, 0.25) is 0 Å². The second-order valence-corrected chi connectivity index (χ2v) is 8.84. The van der Waals surface area contributed by atoms with E-state index in [-0.39, 0.29) is 11.6 Å². The van der Waals surface area contributed by atoms with Crippen LogP contribution >= 0.6 is 0 Å². The van der Waals surface area contributed by atoms with E-state index in [2.05, 4.69) is 5.32 Å². The second kappa shape index (κ2) is 8.26. The number of piperidine rings is 1. The van der Waals surface area contributed by atoms with Crippen molar-refractivity contribution in [1.82, 2.24) is 5.32 Å². The normalized spacial score (nSPS) is 18.4. The van der Waals surface area contributed by atoms with Crippen molar-refractivity contribution >= 4 is 22.7 Å². The maximum absolute atomic E-state index is 12.8. The molecule has 2 aromatic carbocycles. The van der Waals surface area contributed by atoms with Gasteiger partial charge in [0.15, 0.2) is 11.5 Å². The van der Waals surface area contributed by atoms with Gasteiger partial charge in [0.25, 0.3) is 0 Å². The van der Waals surface area contributed by atoms with Crippen LogP contribution in [0.3, 0.4) is 0 Å². The first-order chi connectivity index (χ1) is 14.3. The van der Waals surface area contributed by atoms with Crippen LogP contribution in [0.4, 0.5) is 0 Å². The first kappa shape index (κ1) is 20.7. The zero-order valence-electron chi connectivity index (χ0n) is 17.9. The lowest BCUT2D eigenvalue weighted by Crippen LogP contribution is -2.33. The minimum absolute atomic E-state index is 0.294. The van der Waals surface area contributed by atoms with E-state index in [0.29, 0.717) is 41.4 Å². The summed E-state index contributed by atoms with van der Waals surface area (Å²) < 4.78 is 17.8. The highest BCUT2D eigenvalue weighted by molar-refractivity contribution is 5.99. The molecule has 6 nitrogen and oxygen atoms in total. The standard InChI is InChI=1S/C24H29NO5/c1-15(26)28-23-19-8-11-24(2,3)30-21(19)17-6-4-5-7-18(17)22(23)29-20(27)14-16-9-12-25-13-10-16/h4-7,16,25H,8-14H2,1-3H3. The number of ether oxygens (including phenoxy) is 3. The van der Waals surface area contributed by atoms with E-state index in [1.165, 1.54) is 6.92 Å². The second-order valence-electron chi connectivity index (χ2n) is 8.84. The molecule has 0 unspecified atom stereocenters. The molecule has 2 aliphatic rings. The highest BCUT2D eigenvalue weighted by atomic mass is 16.6. The first-order valence-corrected chi connectivity index (χ1v) is 10.7. The predicted molar refractivity (Wildman–Crippen MR) is 114 cm³/mol. The van der Waals surface area contributed by atoms with E-state index in [0.717, 1.165) is 43.3 Å². The molecule has 160 valence electrons. The molecule has 0 amide bonds. The van der Waals surface area contributed by atoms with Gasteiger partial charge in [0, 0.05) is 29.7 Å². The number of rotatable bonds is 4. The Labute approximate surface area is 176 Å². The average molecular weight is 411 g/mol. The summed E-state index contributed by atoms with van der Waals surface area (Å²) in [6.45, 7) is 7.29. The third-order valence-corrected chi connectivity index (χ3v) is 5.90. The van der Waals surface area contributed by atoms with Crippen molar-refractivity contribution in [3.63, 3.8) is 0 Å². The van der Waals surface area contributed by atoms with Crippen molar-refractivity contribution in [2.45, 2.75) is 58.5 Å². The molecule has 0 spiro atoms. The molecular weight excluding hydrogens is 382 g/mol. The van der Waals surface area contributed by atoms with Gasteiger partial charge in [-0.15, -0.1) is 0 Å². The molecule has 0 atom stereocenters. The van der Waals surface area contributed by atoms with Crippen molar-refractivity contribution in [3.05, 3.63) is 29.8 Å². The summed E-state index contributed by atoms with van der Waals surface area (Å²) in [5.74, 6) is 0.901. The van der Waals surface area contributed by atoms with Crippen molar-refractivity contribution in [2.24, 2.45) is 5.92 Å². The van der Waals surface area contributed by atoms with Crippen molar-refractivity contribution in [2.75, 3.05) is 13.1 Å². The van der Waals surface area contributed by atoms with E-state index < -0.39 is 5.97 Å². The lowest BCUT2D eigenvalue weighted by molar-refractivity contribution is -0.137. The van der Waals surface area contributed by atoms with Gasteiger partial charge in [0.1, 0.15) is 11.4 Å². The molecule has 30 heavy (non-hydrogen) atoms. The van der Waals surface area contributed by atoms with E-state index in [4.69, 9.17) is 14.2 Å². The van der Waals surface area contributed by atoms with Crippen LogP contribution in [0.25, 0.3) is 10.8 Å². The fraction of sp³-hybridized carbons (Fsp3) is 0.500. The topological polar surface area (TPSA) is 73.9 Å². The SMILES string of the molecule is CC(=O)Oc1c2c(c3ccccc3c1OC(=O)CC1CCNCC1)OC(C)(C)CC2. The third kappa shape index (κ3) is 4.29. The van der Waals surface area contributed by atoms with Gasteiger partial charge in [0.05, 0.1) is 0 Å². The molecule has 2 aliphatic heterocycles. The average Bonchev–Trinajstić information content (AvgIpc) is 2.70. The van der Waals surface area contributed by atoms with Crippen LogP contribution in [0, 0.1) is 5.92 Å². The molecule has 0 aliphatic carbocycles. The number of hydrogen-bond donors (Lipinski definition) is 1. The maximum Gasteiger partial charge on any atom is 0.311 e. The van der Waals surface area contributed by atoms with E-state index in [1.54, 1.807) is 0 Å². The summed E-state index contributed by atoms with van der Waals surface area (Å²) in [7, 11) is 0. The lowest BCUT2D eigenvalue weighted by Gasteiger charge is -2.34. The van der Waals surface area contributed by atoms with Crippen LogP contribution in [0.1, 0.15) is 52.0 Å². The molecular formula is C24H29NO5. The van der Waals surface area contributed by atoms with Gasteiger partial charge in [-0.3, -0.25) is 9.59 Å². The Hall–Kier alpha value is -2.60. The fourth-order valence-electron chi connectivity index (χ4n) is 4.33. The van der Waals surface area contributed by atoms with Gasteiger partial charge < -0.3 is 19.5 Å². The number of carbonyl (C=O) groups excluding carboxylic acids is 2. The summed E-state index contributed by atoms with van der Waals surface area (Å²) in [5, 5.41) is 4.88. The van der Waals surface area contributed by atoms with Crippen molar-refractivity contribution < 1.29 is 23.8 Å². The van der Waals surface area contributed by atoms with Gasteiger partial charge in [-0.1, -0.05) is 24.3 Å². The van der Waals surface area contributed by atoms with E-state index >= 15 is 0 Å². The fourth-order valence-corrected chi connectivity index (χ4v) is 4.33. The monoisotopic (exact) mass is 411 g/mol. The van der Waals surface area contributed by atoms with Crippen molar-refractivity contribution in [3.8, 4) is 17.2 Å². The third-order valence-electron chi connectivity index (χ3n) is 5.90. The van der Waals surface area contributed by atoms with Gasteiger partial charge in [0.2, 0.25) is 0 Å². The Kier molecular flexibility index (Phi) is 5.69.